The topological polar surface area (TPSA) is 73.8 Å². The van der Waals surface area contributed by atoms with Crippen LogP contribution in [-0.4, -0.2) is 62.3 Å². The number of Topliss-reactive ketones (excluding diaryl/α,β-unsaturated/α-hetero) is 1. The fourth-order valence-corrected chi connectivity index (χ4v) is 4.15. The molecule has 0 radical (unpaired) electrons. The SMILES string of the molecule is COc1ccc(C(=O)CSc2nnc(N3CCOCC3)s2)c(OC)c1. The van der Waals surface area contributed by atoms with Crippen LogP contribution < -0.4 is 14.4 Å². The summed E-state index contributed by atoms with van der Waals surface area (Å²) in [6.45, 7) is 3.05. The van der Waals surface area contributed by atoms with Crippen LogP contribution >= 0.6 is 23.1 Å². The first kappa shape index (κ1) is 18.0. The number of nitrogens with zero attached hydrogens (tertiary/aromatic N) is 3. The fraction of sp³-hybridized carbons (Fsp3) is 0.438. The molecule has 1 aliphatic heterocycles. The number of ether oxygens (including phenoxy) is 3. The van der Waals surface area contributed by atoms with Crippen LogP contribution in [0.1, 0.15) is 10.4 Å². The second-order valence-corrected chi connectivity index (χ2v) is 7.41. The summed E-state index contributed by atoms with van der Waals surface area (Å²) in [6.07, 6.45) is 0. The molecular weight excluding hydrogens is 362 g/mol. The van der Waals surface area contributed by atoms with E-state index in [1.54, 1.807) is 25.3 Å². The predicted octanol–water partition coefficient (Wildman–Crippen LogP) is 2.37. The summed E-state index contributed by atoms with van der Waals surface area (Å²) in [5, 5.41) is 9.26. The van der Waals surface area contributed by atoms with Crippen molar-refractivity contribution in [3.63, 3.8) is 0 Å². The number of thioether (sulfide) groups is 1. The maximum Gasteiger partial charge on any atom is 0.209 e. The first-order chi connectivity index (χ1) is 12.2. The number of hydrogen-bond donors (Lipinski definition) is 0. The number of anilines is 1. The van der Waals surface area contributed by atoms with Gasteiger partial charge in [-0.25, -0.2) is 0 Å². The van der Waals surface area contributed by atoms with Gasteiger partial charge in [0, 0.05) is 19.2 Å². The maximum absolute atomic E-state index is 12.5. The molecule has 0 unspecified atom stereocenters. The summed E-state index contributed by atoms with van der Waals surface area (Å²) in [6, 6.07) is 5.18. The van der Waals surface area contributed by atoms with Gasteiger partial charge < -0.3 is 19.1 Å². The van der Waals surface area contributed by atoms with E-state index in [0.717, 1.165) is 22.6 Å². The fourth-order valence-electron chi connectivity index (χ4n) is 2.38. The van der Waals surface area contributed by atoms with Crippen molar-refractivity contribution in [3.8, 4) is 11.5 Å². The molecule has 134 valence electrons. The number of morpholine rings is 1. The largest absolute Gasteiger partial charge is 0.497 e. The summed E-state index contributed by atoms with van der Waals surface area (Å²) in [5.41, 5.74) is 0.536. The van der Waals surface area contributed by atoms with Crippen LogP contribution in [-0.2, 0) is 4.74 Å². The molecule has 3 rings (SSSR count). The Morgan fingerprint density at radius 2 is 2.08 bits per heavy atom. The van der Waals surface area contributed by atoms with E-state index in [1.807, 2.05) is 0 Å². The summed E-state index contributed by atoms with van der Waals surface area (Å²) in [5.74, 6) is 1.42. The van der Waals surface area contributed by atoms with E-state index in [2.05, 4.69) is 15.1 Å². The molecule has 0 amide bonds. The van der Waals surface area contributed by atoms with E-state index in [1.165, 1.54) is 30.2 Å². The first-order valence-electron chi connectivity index (χ1n) is 7.75. The molecular formula is C16H19N3O4S2. The van der Waals surface area contributed by atoms with Gasteiger partial charge in [-0.05, 0) is 12.1 Å². The number of methoxy groups -OCH3 is 2. The maximum atomic E-state index is 12.5. The van der Waals surface area contributed by atoms with Gasteiger partial charge in [-0.15, -0.1) is 10.2 Å². The zero-order valence-corrected chi connectivity index (χ0v) is 15.7. The molecule has 0 N–H and O–H groups in total. The van der Waals surface area contributed by atoms with Crippen molar-refractivity contribution in [2.24, 2.45) is 0 Å². The van der Waals surface area contributed by atoms with Gasteiger partial charge in [0.05, 0.1) is 38.7 Å². The second-order valence-electron chi connectivity index (χ2n) is 5.23. The average Bonchev–Trinajstić information content (AvgIpc) is 3.15. The molecule has 0 atom stereocenters. The number of aromatic nitrogens is 2. The van der Waals surface area contributed by atoms with Gasteiger partial charge in [-0.2, -0.15) is 0 Å². The molecule has 1 fully saturated rings. The quantitative estimate of drug-likeness (QED) is 0.535. The Kier molecular flexibility index (Phi) is 6.11. The highest BCUT2D eigenvalue weighted by atomic mass is 32.2. The Labute approximate surface area is 154 Å². The highest BCUT2D eigenvalue weighted by Gasteiger charge is 2.18. The van der Waals surface area contributed by atoms with Gasteiger partial charge in [0.1, 0.15) is 11.5 Å². The highest BCUT2D eigenvalue weighted by Crippen LogP contribution is 2.30. The van der Waals surface area contributed by atoms with E-state index < -0.39 is 0 Å². The molecule has 2 aromatic rings. The zero-order valence-electron chi connectivity index (χ0n) is 14.1. The van der Waals surface area contributed by atoms with Crippen molar-refractivity contribution in [1.82, 2.24) is 10.2 Å². The molecule has 1 aromatic carbocycles. The van der Waals surface area contributed by atoms with Gasteiger partial charge in [-0.1, -0.05) is 23.1 Å². The van der Waals surface area contributed by atoms with Crippen molar-refractivity contribution in [1.29, 1.82) is 0 Å². The van der Waals surface area contributed by atoms with Crippen LogP contribution in [0.3, 0.4) is 0 Å². The van der Waals surface area contributed by atoms with Gasteiger partial charge in [0.15, 0.2) is 10.1 Å². The summed E-state index contributed by atoms with van der Waals surface area (Å²) < 4.78 is 16.6. The van der Waals surface area contributed by atoms with E-state index >= 15 is 0 Å². The lowest BCUT2D eigenvalue weighted by Crippen LogP contribution is -2.36. The van der Waals surface area contributed by atoms with Crippen molar-refractivity contribution >= 4 is 34.0 Å². The Hall–Kier alpha value is -1.84. The lowest BCUT2D eigenvalue weighted by atomic mass is 10.1. The second kappa shape index (κ2) is 8.50. The van der Waals surface area contributed by atoms with E-state index in [-0.39, 0.29) is 11.5 Å². The Morgan fingerprint density at radius 3 is 2.80 bits per heavy atom. The van der Waals surface area contributed by atoms with Crippen molar-refractivity contribution in [2.75, 3.05) is 51.2 Å². The number of carbonyl (C=O) groups is 1. The summed E-state index contributed by atoms with van der Waals surface area (Å²) in [4.78, 5) is 14.6. The molecule has 0 aliphatic carbocycles. The highest BCUT2D eigenvalue weighted by molar-refractivity contribution is 8.01. The summed E-state index contributed by atoms with van der Waals surface area (Å²) in [7, 11) is 3.12. The molecule has 1 aromatic heterocycles. The number of ketones is 1. The molecule has 9 heteroatoms. The third-order valence-electron chi connectivity index (χ3n) is 3.71. The molecule has 1 aliphatic rings. The van der Waals surface area contributed by atoms with E-state index in [0.29, 0.717) is 30.3 Å². The number of benzene rings is 1. The standard InChI is InChI=1S/C16H19N3O4S2/c1-21-11-3-4-12(14(9-11)22-2)13(20)10-24-16-18-17-15(25-16)19-5-7-23-8-6-19/h3-4,9H,5-8,10H2,1-2H3. The Balaban J connectivity index is 1.61. The predicted molar refractivity (Wildman–Crippen MR) is 97.5 cm³/mol. The third-order valence-corrected chi connectivity index (χ3v) is 5.83. The number of rotatable bonds is 7. The zero-order chi connectivity index (χ0) is 17.6. The van der Waals surface area contributed by atoms with Gasteiger partial charge in [0.2, 0.25) is 5.13 Å². The normalized spacial score (nSPS) is 14.4. The molecule has 7 nitrogen and oxygen atoms in total. The van der Waals surface area contributed by atoms with Crippen LogP contribution in [0.15, 0.2) is 22.5 Å². The van der Waals surface area contributed by atoms with Crippen molar-refractivity contribution in [3.05, 3.63) is 23.8 Å². The molecule has 1 saturated heterocycles. The van der Waals surface area contributed by atoms with Crippen LogP contribution in [0.5, 0.6) is 11.5 Å². The van der Waals surface area contributed by atoms with E-state index in [4.69, 9.17) is 14.2 Å². The molecule has 0 saturated carbocycles. The van der Waals surface area contributed by atoms with Gasteiger partial charge in [0.25, 0.3) is 0 Å². The average molecular weight is 381 g/mol. The van der Waals surface area contributed by atoms with Crippen molar-refractivity contribution in [2.45, 2.75) is 4.34 Å². The van der Waals surface area contributed by atoms with Crippen LogP contribution in [0, 0.1) is 0 Å². The first-order valence-corrected chi connectivity index (χ1v) is 9.55. The lowest BCUT2D eigenvalue weighted by molar-refractivity contribution is 0.101. The number of hydrogen-bond acceptors (Lipinski definition) is 9. The minimum Gasteiger partial charge on any atom is -0.497 e. The minimum absolute atomic E-state index is 0.0207. The summed E-state index contributed by atoms with van der Waals surface area (Å²) >= 11 is 2.89. The molecule has 0 spiro atoms. The lowest BCUT2D eigenvalue weighted by Gasteiger charge is -2.25. The van der Waals surface area contributed by atoms with Crippen molar-refractivity contribution < 1.29 is 19.0 Å². The monoisotopic (exact) mass is 381 g/mol. The Morgan fingerprint density at radius 1 is 1.28 bits per heavy atom. The van der Waals surface area contributed by atoms with Gasteiger partial charge in [-0.3, -0.25) is 4.79 Å². The third kappa shape index (κ3) is 4.42. The minimum atomic E-state index is -0.0207. The smallest absolute Gasteiger partial charge is 0.209 e. The van der Waals surface area contributed by atoms with Crippen LogP contribution in [0.2, 0.25) is 0 Å². The molecule has 0 bridgehead atoms. The van der Waals surface area contributed by atoms with Gasteiger partial charge >= 0.3 is 0 Å². The van der Waals surface area contributed by atoms with E-state index in [9.17, 15) is 4.79 Å². The molecule has 2 heterocycles. The molecule has 25 heavy (non-hydrogen) atoms. The van der Waals surface area contributed by atoms with Crippen LogP contribution in [0.4, 0.5) is 5.13 Å². The number of carbonyl (C=O) groups excluding carboxylic acids is 1. The Bertz CT molecular complexity index is 732. The van der Waals surface area contributed by atoms with Crippen LogP contribution in [0.25, 0.3) is 0 Å².